The van der Waals surface area contributed by atoms with Crippen LogP contribution < -0.4 is 5.73 Å². The Morgan fingerprint density at radius 3 is 2.69 bits per heavy atom. The molecule has 5 nitrogen and oxygen atoms in total. The second-order valence-corrected chi connectivity index (χ2v) is 4.75. The summed E-state index contributed by atoms with van der Waals surface area (Å²) in [7, 11) is -1.67. The molecule has 0 fully saturated rings. The molecule has 0 heterocycles. The van der Waals surface area contributed by atoms with E-state index >= 15 is 0 Å². The monoisotopic (exact) mass is 206 g/mol. The fraction of sp³-hybridized carbons (Fsp3) is 0.857. The molecule has 76 valence electrons. The molecule has 0 radical (unpaired) electrons. The van der Waals surface area contributed by atoms with Gasteiger partial charge in [0.25, 0.3) is 0 Å². The van der Waals surface area contributed by atoms with E-state index in [4.69, 9.17) is 20.0 Å². The van der Waals surface area contributed by atoms with E-state index in [0.29, 0.717) is 13.0 Å². The molecule has 0 aromatic carbocycles. The molecule has 0 aliphatic heterocycles. The van der Waals surface area contributed by atoms with Gasteiger partial charge in [0.15, 0.2) is 0 Å². The van der Waals surface area contributed by atoms with Gasteiger partial charge in [0.1, 0.15) is 0 Å². The quantitative estimate of drug-likeness (QED) is 0.658. The summed E-state index contributed by atoms with van der Waals surface area (Å²) in [5, 5.41) is 8.39. The summed E-state index contributed by atoms with van der Waals surface area (Å²) in [6, 6.07) is 1.24. The molecule has 2 N–H and O–H groups in total. The molecule has 0 bridgehead atoms. The van der Waals surface area contributed by atoms with Crippen molar-refractivity contribution in [2.24, 2.45) is 5.73 Å². The van der Waals surface area contributed by atoms with Gasteiger partial charge < -0.3 is 14.8 Å². The van der Waals surface area contributed by atoms with Crippen LogP contribution in [0, 0.1) is 11.3 Å². The molecule has 0 aliphatic rings. The molecule has 0 aliphatic carbocycles. The summed E-state index contributed by atoms with van der Waals surface area (Å²) in [6.45, 7) is 2.06. The third kappa shape index (κ3) is 5.02. The van der Waals surface area contributed by atoms with Crippen molar-refractivity contribution >= 4 is 7.60 Å². The van der Waals surface area contributed by atoms with E-state index in [9.17, 15) is 4.57 Å². The summed E-state index contributed by atoms with van der Waals surface area (Å²) in [5.41, 5.74) is 5.34. The standard InChI is InChI=1S/C7H15N2O3P/c1-3-12-13(10,11-2)5-4-7(9)6-8/h7H,3-5,9H2,1-2H3. The fourth-order valence-corrected chi connectivity index (χ4v) is 2.17. The smallest absolute Gasteiger partial charge is 0.316 e. The number of nitrogens with two attached hydrogens (primary N) is 1. The van der Waals surface area contributed by atoms with Crippen LogP contribution in [0.1, 0.15) is 13.3 Å². The van der Waals surface area contributed by atoms with Crippen molar-refractivity contribution in [3.05, 3.63) is 0 Å². The third-order valence-corrected chi connectivity index (χ3v) is 3.50. The highest BCUT2D eigenvalue weighted by molar-refractivity contribution is 7.53. The maximum atomic E-state index is 11.6. The van der Waals surface area contributed by atoms with Crippen molar-refractivity contribution in [1.29, 1.82) is 5.26 Å². The first-order valence-electron chi connectivity index (χ1n) is 4.02. The zero-order chi connectivity index (χ0) is 10.3. The van der Waals surface area contributed by atoms with Crippen LogP contribution in [0.15, 0.2) is 0 Å². The normalized spacial score (nSPS) is 17.4. The molecule has 0 saturated heterocycles. The van der Waals surface area contributed by atoms with Gasteiger partial charge in [-0.15, -0.1) is 0 Å². The third-order valence-electron chi connectivity index (χ3n) is 1.48. The van der Waals surface area contributed by atoms with E-state index in [0.717, 1.165) is 0 Å². The van der Waals surface area contributed by atoms with E-state index in [2.05, 4.69) is 0 Å². The first-order chi connectivity index (χ1) is 6.08. The summed E-state index contributed by atoms with van der Waals surface area (Å²) < 4.78 is 21.3. The first-order valence-corrected chi connectivity index (χ1v) is 5.75. The van der Waals surface area contributed by atoms with E-state index in [1.165, 1.54) is 7.11 Å². The Labute approximate surface area is 78.4 Å². The maximum absolute atomic E-state index is 11.6. The van der Waals surface area contributed by atoms with Crippen molar-refractivity contribution in [3.8, 4) is 6.07 Å². The predicted octanol–water partition coefficient (Wildman–Crippen LogP) is 1.10. The Bertz CT molecular complexity index is 226. The average molecular weight is 206 g/mol. The summed E-state index contributed by atoms with van der Waals surface area (Å²) >= 11 is 0. The van der Waals surface area contributed by atoms with Crippen LogP contribution in [-0.4, -0.2) is 25.9 Å². The lowest BCUT2D eigenvalue weighted by Crippen LogP contribution is -2.19. The van der Waals surface area contributed by atoms with Crippen molar-refractivity contribution in [1.82, 2.24) is 0 Å². The van der Waals surface area contributed by atoms with E-state index in [-0.39, 0.29) is 6.16 Å². The Morgan fingerprint density at radius 1 is 1.69 bits per heavy atom. The molecule has 0 aromatic rings. The molecule has 0 saturated carbocycles. The Balaban J connectivity index is 3.99. The summed E-state index contributed by atoms with van der Waals surface area (Å²) in [5.74, 6) is 0. The minimum atomic E-state index is -3.00. The van der Waals surface area contributed by atoms with Gasteiger partial charge in [0, 0.05) is 7.11 Å². The molecular formula is C7H15N2O3P. The number of nitrogens with zero attached hydrogens (tertiary/aromatic N) is 1. The Kier molecular flexibility index (Phi) is 5.93. The van der Waals surface area contributed by atoms with E-state index in [1.54, 1.807) is 6.92 Å². The van der Waals surface area contributed by atoms with Gasteiger partial charge >= 0.3 is 7.60 Å². The number of nitriles is 1. The van der Waals surface area contributed by atoms with E-state index < -0.39 is 13.6 Å². The van der Waals surface area contributed by atoms with Gasteiger partial charge in [-0.3, -0.25) is 4.57 Å². The Morgan fingerprint density at radius 2 is 2.31 bits per heavy atom. The van der Waals surface area contributed by atoms with Crippen molar-refractivity contribution < 1.29 is 13.6 Å². The van der Waals surface area contributed by atoms with Crippen molar-refractivity contribution in [2.45, 2.75) is 19.4 Å². The second kappa shape index (κ2) is 6.11. The first kappa shape index (κ1) is 12.6. The molecule has 0 rings (SSSR count). The predicted molar refractivity (Wildman–Crippen MR) is 49.3 cm³/mol. The molecule has 2 atom stereocenters. The summed E-state index contributed by atoms with van der Waals surface area (Å²) in [4.78, 5) is 0. The number of hydrogen-bond donors (Lipinski definition) is 1. The average Bonchev–Trinajstić information content (AvgIpc) is 2.15. The molecule has 0 spiro atoms. The van der Waals surface area contributed by atoms with Crippen LogP contribution in [0.2, 0.25) is 0 Å². The van der Waals surface area contributed by atoms with Crippen LogP contribution in [-0.2, 0) is 13.6 Å². The van der Waals surface area contributed by atoms with Gasteiger partial charge in [0.2, 0.25) is 0 Å². The lowest BCUT2D eigenvalue weighted by Gasteiger charge is -2.15. The van der Waals surface area contributed by atoms with Gasteiger partial charge in [-0.1, -0.05) is 0 Å². The highest BCUT2D eigenvalue weighted by Gasteiger charge is 2.22. The molecule has 0 aromatic heterocycles. The zero-order valence-corrected chi connectivity index (χ0v) is 8.79. The topological polar surface area (TPSA) is 85.3 Å². The van der Waals surface area contributed by atoms with Crippen molar-refractivity contribution in [3.63, 3.8) is 0 Å². The minimum absolute atomic E-state index is 0.187. The molecule has 13 heavy (non-hydrogen) atoms. The molecule has 0 amide bonds. The van der Waals surface area contributed by atoms with Crippen LogP contribution >= 0.6 is 7.60 Å². The number of hydrogen-bond acceptors (Lipinski definition) is 5. The lowest BCUT2D eigenvalue weighted by molar-refractivity contribution is 0.243. The van der Waals surface area contributed by atoms with Crippen LogP contribution in [0.4, 0.5) is 0 Å². The van der Waals surface area contributed by atoms with Crippen molar-refractivity contribution in [2.75, 3.05) is 19.9 Å². The minimum Gasteiger partial charge on any atom is -0.316 e. The van der Waals surface area contributed by atoms with Crippen LogP contribution in [0.5, 0.6) is 0 Å². The van der Waals surface area contributed by atoms with Gasteiger partial charge in [-0.05, 0) is 13.3 Å². The lowest BCUT2D eigenvalue weighted by atomic mass is 10.3. The summed E-state index contributed by atoms with van der Waals surface area (Å²) in [6.07, 6.45) is 0.508. The largest absolute Gasteiger partial charge is 0.330 e. The molecular weight excluding hydrogens is 191 g/mol. The highest BCUT2D eigenvalue weighted by atomic mass is 31.2. The zero-order valence-electron chi connectivity index (χ0n) is 7.90. The van der Waals surface area contributed by atoms with Gasteiger partial charge in [-0.25, -0.2) is 0 Å². The number of rotatable bonds is 6. The van der Waals surface area contributed by atoms with Crippen LogP contribution in [0.3, 0.4) is 0 Å². The molecule has 2 unspecified atom stereocenters. The highest BCUT2D eigenvalue weighted by Crippen LogP contribution is 2.47. The fourth-order valence-electron chi connectivity index (χ4n) is 0.767. The second-order valence-electron chi connectivity index (χ2n) is 2.46. The van der Waals surface area contributed by atoms with Gasteiger partial charge in [0.05, 0.1) is 24.9 Å². The molecule has 6 heteroatoms. The Hall–Kier alpha value is -0.400. The SMILES string of the molecule is CCOP(=O)(CCC(N)C#N)OC. The van der Waals surface area contributed by atoms with Crippen LogP contribution in [0.25, 0.3) is 0 Å². The van der Waals surface area contributed by atoms with E-state index in [1.807, 2.05) is 6.07 Å². The maximum Gasteiger partial charge on any atom is 0.330 e. The van der Waals surface area contributed by atoms with Gasteiger partial charge in [-0.2, -0.15) is 5.26 Å².